The third kappa shape index (κ3) is 4.27. The van der Waals surface area contributed by atoms with E-state index in [1.807, 2.05) is 18.4 Å². The lowest BCUT2D eigenvalue weighted by atomic mass is 10.3. The first-order valence-corrected chi connectivity index (χ1v) is 7.06. The molecule has 0 heterocycles. The van der Waals surface area contributed by atoms with Gasteiger partial charge in [-0.05, 0) is 24.5 Å². The van der Waals surface area contributed by atoms with Gasteiger partial charge in [0.05, 0.1) is 10.0 Å². The first-order valence-electron chi connectivity index (χ1n) is 4.32. The minimum Gasteiger partial charge on any atom is -0.381 e. The molecule has 0 fully saturated rings. The number of anilines is 1. The number of rotatable bonds is 4. The SMILES string of the molecule is CSc1c(Cl)cc(NCC=C(Cl)Cl)cc1Cl. The predicted octanol–water partition coefficient (Wildman–Crippen LogP) is 5.45. The van der Waals surface area contributed by atoms with E-state index in [9.17, 15) is 0 Å². The van der Waals surface area contributed by atoms with Crippen molar-refractivity contribution in [3.05, 3.63) is 32.7 Å². The van der Waals surface area contributed by atoms with E-state index in [1.165, 1.54) is 11.8 Å². The third-order valence-electron chi connectivity index (χ3n) is 1.76. The molecule has 0 aliphatic carbocycles. The Labute approximate surface area is 119 Å². The fourth-order valence-electron chi connectivity index (χ4n) is 1.10. The highest BCUT2D eigenvalue weighted by atomic mass is 35.5. The Morgan fingerprint density at radius 3 is 2.31 bits per heavy atom. The molecule has 0 atom stereocenters. The first-order chi connectivity index (χ1) is 7.54. The van der Waals surface area contributed by atoms with Crippen molar-refractivity contribution in [3.63, 3.8) is 0 Å². The fourth-order valence-corrected chi connectivity index (χ4v) is 2.72. The van der Waals surface area contributed by atoms with Crippen LogP contribution in [0.4, 0.5) is 5.69 Å². The van der Waals surface area contributed by atoms with Crippen LogP contribution >= 0.6 is 58.2 Å². The van der Waals surface area contributed by atoms with Gasteiger partial charge in [0.2, 0.25) is 0 Å². The molecular formula is C10H9Cl4NS. The maximum absolute atomic E-state index is 6.06. The fraction of sp³-hybridized carbons (Fsp3) is 0.200. The Balaban J connectivity index is 2.80. The standard InChI is InChI=1S/C10H9Cl4NS/c1-16-10-7(11)4-6(5-8(10)12)15-3-2-9(13)14/h2,4-5,15H,3H2,1H3. The van der Waals surface area contributed by atoms with Gasteiger partial charge < -0.3 is 5.32 Å². The topological polar surface area (TPSA) is 12.0 Å². The summed E-state index contributed by atoms with van der Waals surface area (Å²) >= 11 is 24.6. The number of halogens is 4. The molecule has 16 heavy (non-hydrogen) atoms. The van der Waals surface area contributed by atoms with Crippen LogP contribution in [-0.4, -0.2) is 12.8 Å². The maximum atomic E-state index is 6.06. The van der Waals surface area contributed by atoms with E-state index in [-0.39, 0.29) is 4.49 Å². The molecule has 1 aromatic rings. The smallest absolute Gasteiger partial charge is 0.104 e. The molecule has 1 N–H and O–H groups in total. The zero-order chi connectivity index (χ0) is 12.1. The van der Waals surface area contributed by atoms with E-state index < -0.39 is 0 Å². The molecule has 0 aliphatic heterocycles. The van der Waals surface area contributed by atoms with Gasteiger partial charge in [0, 0.05) is 17.1 Å². The summed E-state index contributed by atoms with van der Waals surface area (Å²) in [6.07, 6.45) is 3.57. The Bertz CT molecular complexity index is 379. The van der Waals surface area contributed by atoms with Crippen LogP contribution in [0.3, 0.4) is 0 Å². The van der Waals surface area contributed by atoms with Crippen LogP contribution in [0.2, 0.25) is 10.0 Å². The number of thioether (sulfide) groups is 1. The van der Waals surface area contributed by atoms with Gasteiger partial charge in [0.25, 0.3) is 0 Å². The summed E-state index contributed by atoms with van der Waals surface area (Å²) in [7, 11) is 0. The van der Waals surface area contributed by atoms with Crippen LogP contribution in [-0.2, 0) is 0 Å². The third-order valence-corrected chi connectivity index (χ3v) is 3.74. The minimum atomic E-state index is 0.227. The molecule has 0 aromatic heterocycles. The van der Waals surface area contributed by atoms with E-state index in [1.54, 1.807) is 6.08 Å². The Morgan fingerprint density at radius 1 is 1.31 bits per heavy atom. The molecule has 6 heteroatoms. The van der Waals surface area contributed by atoms with Gasteiger partial charge in [-0.2, -0.15) is 0 Å². The molecule has 88 valence electrons. The Morgan fingerprint density at radius 2 is 1.88 bits per heavy atom. The average molecular weight is 317 g/mol. The van der Waals surface area contributed by atoms with Crippen LogP contribution in [0.15, 0.2) is 27.6 Å². The van der Waals surface area contributed by atoms with Crippen molar-refractivity contribution < 1.29 is 0 Å². The van der Waals surface area contributed by atoms with E-state index in [2.05, 4.69) is 5.32 Å². The number of hydrogen-bond acceptors (Lipinski definition) is 2. The zero-order valence-corrected chi connectivity index (χ0v) is 12.2. The van der Waals surface area contributed by atoms with Crippen LogP contribution in [0, 0.1) is 0 Å². The molecule has 0 aliphatic rings. The van der Waals surface area contributed by atoms with E-state index >= 15 is 0 Å². The number of hydrogen-bond donors (Lipinski definition) is 1. The van der Waals surface area contributed by atoms with Gasteiger partial charge in [-0.15, -0.1) is 11.8 Å². The van der Waals surface area contributed by atoms with Crippen molar-refractivity contribution >= 4 is 63.9 Å². The molecule has 1 nitrogen and oxygen atoms in total. The molecule has 0 bridgehead atoms. The van der Waals surface area contributed by atoms with Crippen molar-refractivity contribution in [2.24, 2.45) is 0 Å². The second kappa shape index (κ2) is 6.87. The van der Waals surface area contributed by atoms with Crippen LogP contribution in [0.1, 0.15) is 0 Å². The summed E-state index contributed by atoms with van der Waals surface area (Å²) in [5.74, 6) is 0. The van der Waals surface area contributed by atoms with Gasteiger partial charge in [0.15, 0.2) is 0 Å². The maximum Gasteiger partial charge on any atom is 0.104 e. The normalized spacial score (nSPS) is 10.1. The summed E-state index contributed by atoms with van der Waals surface area (Å²) in [5, 5.41) is 4.34. The summed E-state index contributed by atoms with van der Waals surface area (Å²) in [6.45, 7) is 0.521. The van der Waals surface area contributed by atoms with E-state index in [4.69, 9.17) is 46.4 Å². The molecule has 0 saturated heterocycles. The van der Waals surface area contributed by atoms with Crippen molar-refractivity contribution in [2.75, 3.05) is 18.1 Å². The van der Waals surface area contributed by atoms with Crippen LogP contribution in [0.25, 0.3) is 0 Å². The molecule has 0 amide bonds. The van der Waals surface area contributed by atoms with Gasteiger partial charge in [-0.25, -0.2) is 0 Å². The monoisotopic (exact) mass is 315 g/mol. The second-order valence-electron chi connectivity index (χ2n) is 2.85. The number of benzene rings is 1. The van der Waals surface area contributed by atoms with E-state index in [0.29, 0.717) is 16.6 Å². The van der Waals surface area contributed by atoms with Crippen molar-refractivity contribution in [3.8, 4) is 0 Å². The zero-order valence-electron chi connectivity index (χ0n) is 8.36. The van der Waals surface area contributed by atoms with E-state index in [0.717, 1.165) is 10.6 Å². The highest BCUT2D eigenvalue weighted by molar-refractivity contribution is 7.98. The van der Waals surface area contributed by atoms with Crippen molar-refractivity contribution in [2.45, 2.75) is 4.90 Å². The lowest BCUT2D eigenvalue weighted by Gasteiger charge is -2.08. The van der Waals surface area contributed by atoms with Gasteiger partial charge in [-0.3, -0.25) is 0 Å². The first kappa shape index (κ1) is 14.3. The second-order valence-corrected chi connectivity index (χ2v) is 5.49. The average Bonchev–Trinajstić information content (AvgIpc) is 2.16. The predicted molar refractivity (Wildman–Crippen MR) is 76.5 cm³/mol. The van der Waals surface area contributed by atoms with Crippen molar-refractivity contribution in [1.82, 2.24) is 0 Å². The molecule has 0 spiro atoms. The molecule has 0 unspecified atom stereocenters. The molecule has 1 aromatic carbocycles. The molecule has 0 saturated carbocycles. The highest BCUT2D eigenvalue weighted by Gasteiger charge is 2.06. The summed E-state index contributed by atoms with van der Waals surface area (Å²) in [6, 6.07) is 3.63. The molecule has 1 rings (SSSR count). The Hall–Kier alpha value is 0.270. The molecule has 0 radical (unpaired) electrons. The van der Waals surface area contributed by atoms with Gasteiger partial charge >= 0.3 is 0 Å². The largest absolute Gasteiger partial charge is 0.381 e. The minimum absolute atomic E-state index is 0.227. The summed E-state index contributed by atoms with van der Waals surface area (Å²) < 4.78 is 0.227. The van der Waals surface area contributed by atoms with Gasteiger partial charge in [0.1, 0.15) is 4.49 Å². The quantitative estimate of drug-likeness (QED) is 0.742. The Kier molecular flexibility index (Phi) is 6.16. The van der Waals surface area contributed by atoms with Crippen molar-refractivity contribution in [1.29, 1.82) is 0 Å². The summed E-state index contributed by atoms with van der Waals surface area (Å²) in [4.78, 5) is 0.875. The highest BCUT2D eigenvalue weighted by Crippen LogP contribution is 2.35. The van der Waals surface area contributed by atoms with Crippen LogP contribution < -0.4 is 5.32 Å². The lowest BCUT2D eigenvalue weighted by Crippen LogP contribution is -1.98. The lowest BCUT2D eigenvalue weighted by molar-refractivity contribution is 1.32. The summed E-state index contributed by atoms with van der Waals surface area (Å²) in [5.41, 5.74) is 0.832. The van der Waals surface area contributed by atoms with Gasteiger partial charge in [-0.1, -0.05) is 46.4 Å². The number of nitrogens with one attached hydrogen (secondary N) is 1. The van der Waals surface area contributed by atoms with Crippen LogP contribution in [0.5, 0.6) is 0 Å². The molecular weight excluding hydrogens is 308 g/mol.